The van der Waals surface area contributed by atoms with Crippen LogP contribution in [0.4, 0.5) is 17.1 Å². The number of hydrogen-bond acceptors (Lipinski definition) is 1. The van der Waals surface area contributed by atoms with Crippen LogP contribution in [0.25, 0.3) is 71.6 Å². The van der Waals surface area contributed by atoms with Crippen molar-refractivity contribution >= 4 is 49.6 Å². The first kappa shape index (κ1) is 31.6. The summed E-state index contributed by atoms with van der Waals surface area (Å²) in [5.41, 5.74) is 13.9. The minimum Gasteiger partial charge on any atom is -0.310 e. The number of anilines is 3. The van der Waals surface area contributed by atoms with Gasteiger partial charge in [-0.2, -0.15) is 0 Å². The molecule has 0 aliphatic carbocycles. The average molecular weight is 689 g/mol. The molecule has 10 rings (SSSR count). The van der Waals surface area contributed by atoms with Crippen molar-refractivity contribution in [1.82, 2.24) is 4.57 Å². The predicted octanol–water partition coefficient (Wildman–Crippen LogP) is 14.4. The number of nitrogens with zero attached hydrogens (tertiary/aromatic N) is 2. The highest BCUT2D eigenvalue weighted by Crippen LogP contribution is 2.43. The molecule has 0 unspecified atom stereocenters. The van der Waals surface area contributed by atoms with E-state index in [4.69, 9.17) is 0 Å². The van der Waals surface area contributed by atoms with Crippen molar-refractivity contribution in [2.75, 3.05) is 4.90 Å². The number of aromatic nitrogens is 1. The molecule has 2 nitrogen and oxygen atoms in total. The summed E-state index contributed by atoms with van der Waals surface area (Å²) in [6, 6.07) is 78.8. The largest absolute Gasteiger partial charge is 0.310 e. The zero-order chi connectivity index (χ0) is 35.8. The second-order valence-electron chi connectivity index (χ2n) is 13.8. The predicted molar refractivity (Wildman–Crippen MR) is 229 cm³/mol. The maximum atomic E-state index is 2.42. The zero-order valence-electron chi connectivity index (χ0n) is 29.7. The number of rotatable bonds is 7. The Morgan fingerprint density at radius 3 is 1.76 bits per heavy atom. The maximum Gasteiger partial charge on any atom is 0.0547 e. The van der Waals surface area contributed by atoms with E-state index in [-0.39, 0.29) is 0 Å². The summed E-state index contributed by atoms with van der Waals surface area (Å²) in [5.74, 6) is 0. The van der Waals surface area contributed by atoms with Crippen LogP contribution in [0.1, 0.15) is 0 Å². The van der Waals surface area contributed by atoms with Gasteiger partial charge < -0.3 is 9.47 Å². The lowest BCUT2D eigenvalue weighted by Gasteiger charge is -2.28. The summed E-state index contributed by atoms with van der Waals surface area (Å²) in [4.78, 5) is 2.40. The van der Waals surface area contributed by atoms with E-state index in [9.17, 15) is 0 Å². The maximum absolute atomic E-state index is 2.42. The first-order valence-corrected chi connectivity index (χ1v) is 18.5. The quantitative estimate of drug-likeness (QED) is 0.162. The van der Waals surface area contributed by atoms with E-state index in [1.165, 1.54) is 54.8 Å². The standard InChI is InChI=1S/C52H36N2/c1-3-15-37(16-4-1)39-29-32-43(33-30-39)53(44-22-13-20-41(35-44)38-17-5-2-6-18-38)49-27-11-9-24-46(49)42-21-14-23-45(36-42)54-50-28-12-10-26-48(50)52-47-25-8-7-19-40(47)31-34-51(52)54/h1-36H. The molecule has 0 saturated heterocycles. The second kappa shape index (κ2) is 13.4. The molecule has 0 amide bonds. The smallest absolute Gasteiger partial charge is 0.0547 e. The fourth-order valence-corrected chi connectivity index (χ4v) is 8.06. The Balaban J connectivity index is 1.15. The topological polar surface area (TPSA) is 8.17 Å². The van der Waals surface area contributed by atoms with E-state index in [0.29, 0.717) is 0 Å². The number of hydrogen-bond donors (Lipinski definition) is 0. The summed E-state index contributed by atoms with van der Waals surface area (Å²) in [6.07, 6.45) is 0. The van der Waals surface area contributed by atoms with Crippen LogP contribution in [0.5, 0.6) is 0 Å². The Bertz CT molecular complexity index is 2920. The lowest BCUT2D eigenvalue weighted by Crippen LogP contribution is -2.11. The Morgan fingerprint density at radius 1 is 0.333 bits per heavy atom. The minimum atomic E-state index is 1.10. The first-order valence-electron chi connectivity index (χ1n) is 18.5. The molecular weight excluding hydrogens is 653 g/mol. The van der Waals surface area contributed by atoms with Crippen molar-refractivity contribution in [2.24, 2.45) is 0 Å². The van der Waals surface area contributed by atoms with Crippen LogP contribution in [0.2, 0.25) is 0 Å². The van der Waals surface area contributed by atoms with Gasteiger partial charge in [0.2, 0.25) is 0 Å². The van der Waals surface area contributed by atoms with Crippen LogP contribution in [0, 0.1) is 0 Å². The fourth-order valence-electron chi connectivity index (χ4n) is 8.06. The molecule has 1 heterocycles. The molecule has 0 aliphatic rings. The SMILES string of the molecule is c1ccc(-c2ccc(N(c3cccc(-c4ccccc4)c3)c3ccccc3-c3cccc(-n4c5ccccc5c5c6ccccc6ccc54)c3)cc2)cc1. The zero-order valence-corrected chi connectivity index (χ0v) is 29.7. The van der Waals surface area contributed by atoms with Gasteiger partial charge in [-0.05, 0) is 93.2 Å². The molecule has 0 spiro atoms. The normalized spacial score (nSPS) is 11.3. The monoisotopic (exact) mass is 688 g/mol. The highest BCUT2D eigenvalue weighted by Gasteiger charge is 2.20. The summed E-state index contributed by atoms with van der Waals surface area (Å²) in [7, 11) is 0. The molecule has 0 bridgehead atoms. The van der Waals surface area contributed by atoms with Crippen LogP contribution < -0.4 is 4.90 Å². The third kappa shape index (κ3) is 5.53. The lowest BCUT2D eigenvalue weighted by molar-refractivity contribution is 1.18. The number of fused-ring (bicyclic) bond motifs is 5. The van der Waals surface area contributed by atoms with Gasteiger partial charge in [-0.3, -0.25) is 0 Å². The Morgan fingerprint density at radius 2 is 0.944 bits per heavy atom. The molecular formula is C52H36N2. The van der Waals surface area contributed by atoms with Gasteiger partial charge in [-0.15, -0.1) is 0 Å². The average Bonchev–Trinajstić information content (AvgIpc) is 3.60. The molecule has 0 aliphatic heterocycles. The minimum absolute atomic E-state index is 1.10. The van der Waals surface area contributed by atoms with Gasteiger partial charge in [0.25, 0.3) is 0 Å². The molecule has 2 heteroatoms. The number of para-hydroxylation sites is 2. The van der Waals surface area contributed by atoms with Crippen molar-refractivity contribution in [3.63, 3.8) is 0 Å². The van der Waals surface area contributed by atoms with Gasteiger partial charge in [0.05, 0.1) is 16.7 Å². The van der Waals surface area contributed by atoms with Gasteiger partial charge in [0.15, 0.2) is 0 Å². The third-order valence-electron chi connectivity index (χ3n) is 10.6. The van der Waals surface area contributed by atoms with Gasteiger partial charge in [0, 0.05) is 33.4 Å². The Hall–Kier alpha value is -7.16. The molecule has 254 valence electrons. The highest BCUT2D eigenvalue weighted by atomic mass is 15.1. The fraction of sp³-hybridized carbons (Fsp3) is 0. The van der Waals surface area contributed by atoms with Crippen LogP contribution in [-0.2, 0) is 0 Å². The van der Waals surface area contributed by atoms with E-state index >= 15 is 0 Å². The van der Waals surface area contributed by atoms with Crippen LogP contribution in [0.15, 0.2) is 218 Å². The van der Waals surface area contributed by atoms with Crippen molar-refractivity contribution in [3.8, 4) is 39.1 Å². The molecule has 0 atom stereocenters. The van der Waals surface area contributed by atoms with Gasteiger partial charge >= 0.3 is 0 Å². The van der Waals surface area contributed by atoms with E-state index < -0.39 is 0 Å². The first-order chi connectivity index (χ1) is 26.8. The Kier molecular flexibility index (Phi) is 7.85. The van der Waals surface area contributed by atoms with Gasteiger partial charge in [-0.25, -0.2) is 0 Å². The Labute approximate surface area is 315 Å². The van der Waals surface area contributed by atoms with Crippen LogP contribution >= 0.6 is 0 Å². The molecule has 0 saturated carbocycles. The van der Waals surface area contributed by atoms with Crippen LogP contribution in [-0.4, -0.2) is 4.57 Å². The highest BCUT2D eigenvalue weighted by molar-refractivity contribution is 6.21. The van der Waals surface area contributed by atoms with Crippen molar-refractivity contribution in [3.05, 3.63) is 218 Å². The third-order valence-corrected chi connectivity index (χ3v) is 10.6. The van der Waals surface area contributed by atoms with Gasteiger partial charge in [-0.1, -0.05) is 164 Å². The summed E-state index contributed by atoms with van der Waals surface area (Å²) >= 11 is 0. The molecule has 0 N–H and O–H groups in total. The molecule has 10 aromatic rings. The van der Waals surface area contributed by atoms with Crippen molar-refractivity contribution in [2.45, 2.75) is 0 Å². The summed E-state index contributed by atoms with van der Waals surface area (Å²) in [6.45, 7) is 0. The van der Waals surface area contributed by atoms with Crippen molar-refractivity contribution in [1.29, 1.82) is 0 Å². The van der Waals surface area contributed by atoms with Gasteiger partial charge in [0.1, 0.15) is 0 Å². The van der Waals surface area contributed by atoms with Crippen LogP contribution in [0.3, 0.4) is 0 Å². The molecule has 54 heavy (non-hydrogen) atoms. The van der Waals surface area contributed by atoms with E-state index in [1.54, 1.807) is 0 Å². The second-order valence-corrected chi connectivity index (χ2v) is 13.8. The number of benzene rings is 9. The van der Waals surface area contributed by atoms with E-state index in [0.717, 1.165) is 33.9 Å². The van der Waals surface area contributed by atoms with Crippen molar-refractivity contribution < 1.29 is 0 Å². The summed E-state index contributed by atoms with van der Waals surface area (Å²) in [5, 5.41) is 5.08. The summed E-state index contributed by atoms with van der Waals surface area (Å²) < 4.78 is 2.42. The molecule has 1 aromatic heterocycles. The lowest BCUT2D eigenvalue weighted by atomic mass is 9.99. The molecule has 0 radical (unpaired) electrons. The molecule has 0 fully saturated rings. The molecule has 9 aromatic carbocycles. The van der Waals surface area contributed by atoms with E-state index in [2.05, 4.69) is 228 Å². The van der Waals surface area contributed by atoms with E-state index in [1.807, 2.05) is 0 Å².